The molecule has 2 atom stereocenters. The molecule has 6 nitrogen and oxygen atoms in total. The van der Waals surface area contributed by atoms with E-state index in [1.165, 1.54) is 0 Å². The lowest BCUT2D eigenvalue weighted by Crippen LogP contribution is -2.18. The summed E-state index contributed by atoms with van der Waals surface area (Å²) >= 11 is 1.68. The minimum atomic E-state index is 0.256. The molecule has 2 rings (SSSR count). The van der Waals surface area contributed by atoms with Gasteiger partial charge in [-0.1, -0.05) is 18.7 Å². The molecule has 1 aromatic heterocycles. The first kappa shape index (κ1) is 15.3. The lowest BCUT2D eigenvalue weighted by atomic mass is 10.3. The van der Waals surface area contributed by atoms with Gasteiger partial charge in [0.2, 0.25) is 11.9 Å². The first-order chi connectivity index (χ1) is 9.60. The zero-order valence-corrected chi connectivity index (χ0v) is 13.4. The van der Waals surface area contributed by atoms with E-state index in [1.54, 1.807) is 11.8 Å². The van der Waals surface area contributed by atoms with Gasteiger partial charge in [-0.3, -0.25) is 0 Å². The van der Waals surface area contributed by atoms with E-state index in [2.05, 4.69) is 34.1 Å². The second kappa shape index (κ2) is 7.08. The van der Waals surface area contributed by atoms with E-state index >= 15 is 0 Å². The number of hydrogen-bond acceptors (Lipinski definition) is 7. The largest absolute Gasteiger partial charge is 0.377 e. The van der Waals surface area contributed by atoms with Crippen molar-refractivity contribution in [1.82, 2.24) is 15.0 Å². The Bertz CT molecular complexity index is 443. The van der Waals surface area contributed by atoms with E-state index in [9.17, 15) is 0 Å². The molecule has 2 unspecified atom stereocenters. The second-order valence-corrected chi connectivity index (χ2v) is 6.29. The number of aromatic nitrogens is 3. The molecule has 0 radical (unpaired) electrons. The third-order valence-corrected chi connectivity index (χ3v) is 4.41. The van der Waals surface area contributed by atoms with Gasteiger partial charge in [-0.15, -0.1) is 0 Å². The van der Waals surface area contributed by atoms with Crippen LogP contribution in [0.4, 0.5) is 11.9 Å². The summed E-state index contributed by atoms with van der Waals surface area (Å²) < 4.78 is 5.59. The Morgan fingerprint density at radius 3 is 2.75 bits per heavy atom. The fourth-order valence-electron chi connectivity index (χ4n) is 1.92. The maximum atomic E-state index is 5.59. The van der Waals surface area contributed by atoms with Gasteiger partial charge in [-0.2, -0.15) is 15.0 Å². The number of nitrogens with zero attached hydrogens (tertiary/aromatic N) is 4. The molecular weight excluding hydrogens is 274 g/mol. The van der Waals surface area contributed by atoms with Crippen LogP contribution in [-0.2, 0) is 4.74 Å². The van der Waals surface area contributed by atoms with E-state index in [1.807, 2.05) is 19.0 Å². The standard InChI is InChI=1S/C13H23N5OS/c1-5-7-14-11-15-12(18(3)4)17-13(16-11)20-10-6-8-19-9(10)2/h9-10H,5-8H2,1-4H3,(H,14,15,16,17). The van der Waals surface area contributed by atoms with E-state index in [4.69, 9.17) is 4.74 Å². The van der Waals surface area contributed by atoms with Crippen LogP contribution in [0.2, 0.25) is 0 Å². The van der Waals surface area contributed by atoms with Crippen molar-refractivity contribution in [2.24, 2.45) is 0 Å². The number of thioether (sulfide) groups is 1. The molecule has 1 aliphatic rings. The summed E-state index contributed by atoms with van der Waals surface area (Å²) in [6.07, 6.45) is 2.34. The summed E-state index contributed by atoms with van der Waals surface area (Å²) in [6, 6.07) is 0. The maximum Gasteiger partial charge on any atom is 0.230 e. The molecule has 1 fully saturated rings. The Labute approximate surface area is 124 Å². The van der Waals surface area contributed by atoms with Gasteiger partial charge in [0, 0.05) is 32.5 Å². The van der Waals surface area contributed by atoms with E-state index in [0.29, 0.717) is 17.1 Å². The minimum absolute atomic E-state index is 0.256. The van der Waals surface area contributed by atoms with Gasteiger partial charge in [0.15, 0.2) is 5.16 Å². The summed E-state index contributed by atoms with van der Waals surface area (Å²) in [6.45, 7) is 5.92. The molecule has 1 aromatic rings. The van der Waals surface area contributed by atoms with Gasteiger partial charge < -0.3 is 15.0 Å². The van der Waals surface area contributed by atoms with Gasteiger partial charge in [0.05, 0.1) is 6.10 Å². The van der Waals surface area contributed by atoms with Crippen molar-refractivity contribution in [3.05, 3.63) is 0 Å². The highest BCUT2D eigenvalue weighted by atomic mass is 32.2. The quantitative estimate of drug-likeness (QED) is 0.862. The van der Waals surface area contributed by atoms with Crippen molar-refractivity contribution in [2.75, 3.05) is 37.5 Å². The average Bonchev–Trinajstić information content (AvgIpc) is 2.81. The topological polar surface area (TPSA) is 63.2 Å². The lowest BCUT2D eigenvalue weighted by Gasteiger charge is -2.16. The molecule has 0 aliphatic carbocycles. The summed E-state index contributed by atoms with van der Waals surface area (Å²) in [7, 11) is 3.88. The van der Waals surface area contributed by atoms with Crippen molar-refractivity contribution in [2.45, 2.75) is 43.2 Å². The number of hydrogen-bond donors (Lipinski definition) is 1. The van der Waals surface area contributed by atoms with Crippen LogP contribution in [0.3, 0.4) is 0 Å². The van der Waals surface area contributed by atoms with Crippen LogP contribution in [0.15, 0.2) is 5.16 Å². The van der Waals surface area contributed by atoms with E-state index in [-0.39, 0.29) is 6.10 Å². The van der Waals surface area contributed by atoms with Gasteiger partial charge in [0.25, 0.3) is 0 Å². The average molecular weight is 297 g/mol. The van der Waals surface area contributed by atoms with Gasteiger partial charge in [-0.05, 0) is 19.8 Å². The smallest absolute Gasteiger partial charge is 0.230 e. The van der Waals surface area contributed by atoms with Crippen LogP contribution >= 0.6 is 11.8 Å². The summed E-state index contributed by atoms with van der Waals surface area (Å²) in [5.41, 5.74) is 0. The molecule has 2 heterocycles. The number of ether oxygens (including phenoxy) is 1. The third-order valence-electron chi connectivity index (χ3n) is 3.10. The molecule has 1 saturated heterocycles. The highest BCUT2D eigenvalue weighted by Crippen LogP contribution is 2.31. The zero-order valence-electron chi connectivity index (χ0n) is 12.6. The normalized spacial score (nSPS) is 22.0. The molecule has 0 aromatic carbocycles. The van der Waals surface area contributed by atoms with Crippen molar-refractivity contribution < 1.29 is 4.74 Å². The predicted molar refractivity (Wildman–Crippen MR) is 82.6 cm³/mol. The van der Waals surface area contributed by atoms with Crippen LogP contribution in [-0.4, -0.2) is 53.6 Å². The Morgan fingerprint density at radius 1 is 1.35 bits per heavy atom. The Balaban J connectivity index is 2.15. The molecule has 112 valence electrons. The molecule has 0 spiro atoms. The van der Waals surface area contributed by atoms with E-state index in [0.717, 1.165) is 31.1 Å². The van der Waals surface area contributed by atoms with Crippen LogP contribution in [0.25, 0.3) is 0 Å². The predicted octanol–water partition coefficient (Wildman–Crippen LogP) is 2.03. The monoisotopic (exact) mass is 297 g/mol. The fourth-order valence-corrected chi connectivity index (χ4v) is 2.95. The summed E-state index contributed by atoms with van der Waals surface area (Å²) in [5, 5.41) is 4.42. The SMILES string of the molecule is CCCNc1nc(SC2CCOC2C)nc(N(C)C)n1. The van der Waals surface area contributed by atoms with Crippen molar-refractivity contribution in [3.63, 3.8) is 0 Å². The maximum absolute atomic E-state index is 5.59. The molecule has 0 amide bonds. The number of nitrogens with one attached hydrogen (secondary N) is 1. The molecule has 1 aliphatic heterocycles. The molecular formula is C13H23N5OS. The molecule has 7 heteroatoms. The third kappa shape index (κ3) is 3.96. The van der Waals surface area contributed by atoms with Gasteiger partial charge >= 0.3 is 0 Å². The number of anilines is 2. The van der Waals surface area contributed by atoms with Crippen molar-refractivity contribution in [1.29, 1.82) is 0 Å². The fraction of sp³-hybridized carbons (Fsp3) is 0.769. The molecule has 0 saturated carbocycles. The minimum Gasteiger partial charge on any atom is -0.377 e. The molecule has 1 N–H and O–H groups in total. The Hall–Kier alpha value is -1.08. The van der Waals surface area contributed by atoms with Gasteiger partial charge in [-0.25, -0.2) is 0 Å². The highest BCUT2D eigenvalue weighted by molar-refractivity contribution is 7.99. The highest BCUT2D eigenvalue weighted by Gasteiger charge is 2.26. The molecule has 0 bridgehead atoms. The van der Waals surface area contributed by atoms with Gasteiger partial charge in [0.1, 0.15) is 0 Å². The Kier molecular flexibility index (Phi) is 5.42. The van der Waals surface area contributed by atoms with Crippen LogP contribution in [0.1, 0.15) is 26.7 Å². The Morgan fingerprint density at radius 2 is 2.15 bits per heavy atom. The second-order valence-electron chi connectivity index (χ2n) is 5.08. The lowest BCUT2D eigenvalue weighted by molar-refractivity contribution is 0.127. The summed E-state index contributed by atoms with van der Waals surface area (Å²) in [5.74, 6) is 1.34. The van der Waals surface area contributed by atoms with Crippen molar-refractivity contribution in [3.8, 4) is 0 Å². The summed E-state index contributed by atoms with van der Waals surface area (Å²) in [4.78, 5) is 15.3. The van der Waals surface area contributed by atoms with Crippen LogP contribution < -0.4 is 10.2 Å². The van der Waals surface area contributed by atoms with Crippen LogP contribution in [0.5, 0.6) is 0 Å². The first-order valence-electron chi connectivity index (χ1n) is 7.05. The number of rotatable bonds is 6. The van der Waals surface area contributed by atoms with Crippen molar-refractivity contribution >= 4 is 23.7 Å². The zero-order chi connectivity index (χ0) is 14.5. The van der Waals surface area contributed by atoms with E-state index < -0.39 is 0 Å². The first-order valence-corrected chi connectivity index (χ1v) is 7.93. The van der Waals surface area contributed by atoms with Crippen LogP contribution in [0, 0.1) is 0 Å². The molecule has 20 heavy (non-hydrogen) atoms.